The van der Waals surface area contributed by atoms with Gasteiger partial charge in [0.15, 0.2) is 0 Å². The van der Waals surface area contributed by atoms with E-state index in [1.54, 1.807) is 88.1 Å². The Balaban J connectivity index is 1.45. The molecule has 8 saturated carbocycles. The predicted molar refractivity (Wildman–Crippen MR) is 165 cm³/mol. The maximum Gasteiger partial charge on any atom is 0.235 e. The zero-order valence-electron chi connectivity index (χ0n) is 26.1. The van der Waals surface area contributed by atoms with Crippen LogP contribution in [-0.4, -0.2) is 34.5 Å². The van der Waals surface area contributed by atoms with Crippen LogP contribution in [0.5, 0.6) is 0 Å². The zero-order valence-corrected chi connectivity index (χ0v) is 27.0. The molecule has 0 aromatic heterocycles. The van der Waals surface area contributed by atoms with Crippen LogP contribution in [0.2, 0.25) is 0 Å². The monoisotopic (exact) mass is 537 g/mol. The third-order valence-corrected chi connectivity index (χ3v) is 16.4. The summed E-state index contributed by atoms with van der Waals surface area (Å²) < 4.78 is 2.87. The average Bonchev–Trinajstić information content (AvgIpc) is 3.42. The number of nitrogens with zero attached hydrogens (tertiary/aromatic N) is 2. The van der Waals surface area contributed by atoms with Gasteiger partial charge in [0.05, 0.1) is 5.30 Å². The molecule has 0 spiro atoms. The Morgan fingerprint density at radius 1 is 0.579 bits per heavy atom. The molecule has 0 saturated heterocycles. The van der Waals surface area contributed by atoms with Crippen LogP contribution in [-0.2, 0) is 0 Å². The molecule has 8 bridgehead atoms. The van der Waals surface area contributed by atoms with Crippen molar-refractivity contribution in [2.24, 2.45) is 35.5 Å². The molecule has 0 N–H and O–H groups in total. The largest absolute Gasteiger partial charge is 0.361 e. The third kappa shape index (κ3) is 3.98. The second-order valence-electron chi connectivity index (χ2n) is 16.9. The van der Waals surface area contributed by atoms with Crippen molar-refractivity contribution < 1.29 is 0 Å². The second-order valence-corrected chi connectivity index (χ2v) is 19.9. The normalized spacial score (nSPS) is 42.0. The molecular weight excluding hydrogens is 479 g/mol. The fourth-order valence-corrected chi connectivity index (χ4v) is 18.2. The van der Waals surface area contributed by atoms with E-state index in [1.807, 2.05) is 5.30 Å². The van der Waals surface area contributed by atoms with Crippen molar-refractivity contribution in [1.29, 1.82) is 0 Å². The summed E-state index contributed by atoms with van der Waals surface area (Å²) >= 11 is 0. The number of hydrogen-bond acceptors (Lipinski definition) is 1. The second kappa shape index (κ2) is 9.07. The Labute approximate surface area is 235 Å². The van der Waals surface area contributed by atoms with Crippen molar-refractivity contribution >= 4 is 18.9 Å². The minimum atomic E-state index is -0.140. The molecular formula is C35H58N2P+. The molecule has 8 aliphatic carbocycles. The zero-order chi connectivity index (χ0) is 26.7. The topological polar surface area (TPSA) is 6.25 Å². The van der Waals surface area contributed by atoms with Gasteiger partial charge >= 0.3 is 0 Å². The molecule has 38 heavy (non-hydrogen) atoms. The van der Waals surface area contributed by atoms with Crippen molar-refractivity contribution in [2.45, 2.75) is 167 Å². The SMILES string of the molecule is CC(C)N(c1c(P(C23CC4CC(CC(C4)C2)C3)C23CC4CC(CC(C4)C2)C3)c1=[N+](C(C)C)C(C)C)C(C)C. The van der Waals surface area contributed by atoms with Gasteiger partial charge in [-0.2, -0.15) is 0 Å². The number of anilines is 1. The van der Waals surface area contributed by atoms with Gasteiger partial charge in [-0.25, -0.2) is 4.58 Å². The lowest BCUT2D eigenvalue weighted by atomic mass is 9.55. The maximum absolute atomic E-state index is 2.87. The summed E-state index contributed by atoms with van der Waals surface area (Å²) in [6, 6.07) is 2.29. The van der Waals surface area contributed by atoms with Gasteiger partial charge < -0.3 is 4.90 Å². The molecule has 9 rings (SSSR count). The summed E-state index contributed by atoms with van der Waals surface area (Å²) in [5.41, 5.74) is 1.76. The minimum absolute atomic E-state index is 0.140. The van der Waals surface area contributed by atoms with Gasteiger partial charge in [0, 0.05) is 12.1 Å². The van der Waals surface area contributed by atoms with Crippen molar-refractivity contribution in [3.05, 3.63) is 5.36 Å². The third-order valence-electron chi connectivity index (χ3n) is 12.5. The highest BCUT2D eigenvalue weighted by molar-refractivity contribution is 7.69. The van der Waals surface area contributed by atoms with Crippen LogP contribution in [0.4, 0.5) is 5.69 Å². The van der Waals surface area contributed by atoms with Gasteiger partial charge in [0.1, 0.15) is 17.8 Å². The maximum atomic E-state index is 2.87. The van der Waals surface area contributed by atoms with E-state index in [1.165, 1.54) is 0 Å². The standard InChI is InChI=1S/C35H58N2P/c1-21(2)36(22(3)4)31-32(37(23(5)6)24(7)8)33(31)38(34-15-25-9-26(16-34)11-27(10-25)17-34)35-18-28-12-29(19-35)14-30(13-28)20-35/h21-30H,9-20H2,1-8H3/q+1. The van der Waals surface area contributed by atoms with E-state index in [0.29, 0.717) is 34.5 Å². The quantitative estimate of drug-likeness (QED) is 0.242. The Morgan fingerprint density at radius 3 is 1.16 bits per heavy atom. The summed E-state index contributed by atoms with van der Waals surface area (Å²) in [5, 5.41) is 5.07. The molecule has 0 radical (unpaired) electrons. The number of hydrogen-bond donors (Lipinski definition) is 0. The summed E-state index contributed by atoms with van der Waals surface area (Å²) in [5.74, 6) is 6.36. The molecule has 0 atom stereocenters. The van der Waals surface area contributed by atoms with Crippen LogP contribution in [0, 0.1) is 35.5 Å². The Hall–Kier alpha value is -0.360. The summed E-state index contributed by atoms with van der Waals surface area (Å²) in [6.07, 6.45) is 19.1. The molecule has 8 aliphatic rings. The fraction of sp³-hybridized carbons (Fsp3) is 0.914. The van der Waals surface area contributed by atoms with E-state index in [9.17, 15) is 0 Å². The highest BCUT2D eigenvalue weighted by Crippen LogP contribution is 2.79. The van der Waals surface area contributed by atoms with Crippen molar-refractivity contribution in [1.82, 2.24) is 4.58 Å². The molecule has 0 amide bonds. The van der Waals surface area contributed by atoms with E-state index < -0.39 is 0 Å². The summed E-state index contributed by atoms with van der Waals surface area (Å²) in [6.45, 7) is 19.7. The molecule has 0 unspecified atom stereocenters. The lowest BCUT2D eigenvalue weighted by Gasteiger charge is -2.67. The van der Waals surface area contributed by atoms with Gasteiger partial charge in [-0.1, -0.05) is 7.92 Å². The van der Waals surface area contributed by atoms with E-state index in [-0.39, 0.29) is 7.92 Å². The molecule has 1 aromatic rings. The van der Waals surface area contributed by atoms with E-state index in [0.717, 1.165) is 35.5 Å². The summed E-state index contributed by atoms with van der Waals surface area (Å²) in [4.78, 5) is 2.87. The highest BCUT2D eigenvalue weighted by atomic mass is 31.1. The van der Waals surface area contributed by atoms with E-state index >= 15 is 0 Å². The van der Waals surface area contributed by atoms with Gasteiger partial charge in [0.25, 0.3) is 0 Å². The first-order valence-corrected chi connectivity index (χ1v) is 18.3. The first-order chi connectivity index (χ1) is 18.0. The summed E-state index contributed by atoms with van der Waals surface area (Å²) in [7, 11) is -0.140. The Kier molecular flexibility index (Phi) is 6.33. The van der Waals surface area contributed by atoms with E-state index in [2.05, 4.69) is 64.9 Å². The van der Waals surface area contributed by atoms with Gasteiger partial charge in [0.2, 0.25) is 5.36 Å². The highest BCUT2D eigenvalue weighted by Gasteiger charge is 2.66. The van der Waals surface area contributed by atoms with Crippen molar-refractivity contribution in [3.63, 3.8) is 0 Å². The van der Waals surface area contributed by atoms with Gasteiger partial charge in [-0.3, -0.25) is 0 Å². The Bertz CT molecular complexity index is 949. The Morgan fingerprint density at radius 2 is 0.895 bits per heavy atom. The fourth-order valence-electron chi connectivity index (χ4n) is 12.7. The lowest BCUT2D eigenvalue weighted by molar-refractivity contribution is 0.0195. The molecule has 2 nitrogen and oxygen atoms in total. The van der Waals surface area contributed by atoms with Crippen LogP contribution >= 0.6 is 7.92 Å². The first-order valence-electron chi connectivity index (χ1n) is 17.0. The van der Waals surface area contributed by atoms with E-state index in [4.69, 9.17) is 0 Å². The van der Waals surface area contributed by atoms with Crippen molar-refractivity contribution in [3.8, 4) is 0 Å². The minimum Gasteiger partial charge on any atom is -0.361 e. The van der Waals surface area contributed by atoms with Crippen molar-refractivity contribution in [2.75, 3.05) is 4.90 Å². The molecule has 0 aliphatic heterocycles. The van der Waals surface area contributed by atoms with Gasteiger partial charge in [-0.15, -0.1) is 0 Å². The molecule has 1 aromatic carbocycles. The van der Waals surface area contributed by atoms with Gasteiger partial charge in [-0.05, 0) is 178 Å². The average molecular weight is 538 g/mol. The lowest BCUT2D eigenvalue weighted by Crippen LogP contribution is -2.58. The molecule has 0 heterocycles. The van der Waals surface area contributed by atoms with Crippen LogP contribution < -0.4 is 20.1 Å². The van der Waals surface area contributed by atoms with Crippen LogP contribution in [0.15, 0.2) is 0 Å². The van der Waals surface area contributed by atoms with Crippen LogP contribution in [0.3, 0.4) is 0 Å². The smallest absolute Gasteiger partial charge is 0.235 e. The molecule has 3 heteroatoms. The molecule has 212 valence electrons. The number of rotatable bonds is 8. The van der Waals surface area contributed by atoms with Crippen LogP contribution in [0.1, 0.15) is 132 Å². The van der Waals surface area contributed by atoms with Crippen LogP contribution in [0.25, 0.3) is 0 Å². The first kappa shape index (κ1) is 26.5. The predicted octanol–water partition coefficient (Wildman–Crippen LogP) is 7.82. The molecule has 8 fully saturated rings.